The molecule has 1 atom stereocenters. The Morgan fingerprint density at radius 2 is 1.33 bits per heavy atom. The summed E-state index contributed by atoms with van der Waals surface area (Å²) in [6, 6.07) is 21.7. The first-order valence-corrected chi connectivity index (χ1v) is 7.57. The van der Waals surface area contributed by atoms with E-state index in [9.17, 15) is 0 Å². The van der Waals surface area contributed by atoms with E-state index in [-0.39, 0.29) is 6.04 Å². The number of benzene rings is 2. The summed E-state index contributed by atoms with van der Waals surface area (Å²) < 4.78 is 5.38. The van der Waals surface area contributed by atoms with Crippen LogP contribution in [-0.2, 0) is 4.74 Å². The van der Waals surface area contributed by atoms with E-state index in [0.717, 1.165) is 0 Å². The average Bonchev–Trinajstić information content (AvgIpc) is 2.53. The fourth-order valence-electron chi connectivity index (χ4n) is 2.50. The predicted molar refractivity (Wildman–Crippen MR) is 88.4 cm³/mol. The van der Waals surface area contributed by atoms with E-state index in [4.69, 9.17) is 4.74 Å². The van der Waals surface area contributed by atoms with E-state index in [1.165, 1.54) is 11.1 Å². The lowest BCUT2D eigenvalue weighted by atomic mass is 9.95. The first kappa shape index (κ1) is 15.7. The fraction of sp³-hybridized carbons (Fsp3) is 0.368. The van der Waals surface area contributed by atoms with Crippen molar-refractivity contribution in [1.29, 1.82) is 0 Å². The van der Waals surface area contributed by atoms with E-state index in [2.05, 4.69) is 79.8 Å². The van der Waals surface area contributed by atoms with Gasteiger partial charge in [0, 0.05) is 13.2 Å². The van der Waals surface area contributed by atoms with Gasteiger partial charge in [-0.15, -0.1) is 0 Å². The van der Waals surface area contributed by atoms with Crippen molar-refractivity contribution in [2.75, 3.05) is 13.7 Å². The molecule has 0 heterocycles. The number of methoxy groups -OCH3 is 1. The molecule has 0 saturated carbocycles. The first-order chi connectivity index (χ1) is 10.2. The molecule has 2 aromatic carbocycles. The summed E-state index contributed by atoms with van der Waals surface area (Å²) in [5.41, 5.74) is 2.57. The molecule has 21 heavy (non-hydrogen) atoms. The highest BCUT2D eigenvalue weighted by Crippen LogP contribution is 2.23. The largest absolute Gasteiger partial charge is 0.383 e. The molecule has 2 rings (SSSR count). The molecule has 0 bridgehead atoms. The Labute approximate surface area is 128 Å². The van der Waals surface area contributed by atoms with Gasteiger partial charge in [-0.1, -0.05) is 74.5 Å². The molecule has 0 radical (unpaired) electrons. The quantitative estimate of drug-likeness (QED) is 0.828. The molecule has 0 aliphatic heterocycles. The molecule has 0 aromatic heterocycles. The number of ether oxygens (including phenoxy) is 1. The summed E-state index contributed by atoms with van der Waals surface area (Å²) in [5, 5.41) is 3.76. The van der Waals surface area contributed by atoms with Crippen molar-refractivity contribution in [3.8, 4) is 0 Å². The summed E-state index contributed by atoms with van der Waals surface area (Å²) in [6.45, 7) is 5.17. The molecule has 0 amide bonds. The minimum atomic E-state index is 0.190. The third-order valence-electron chi connectivity index (χ3n) is 3.80. The van der Waals surface area contributed by atoms with Crippen molar-refractivity contribution in [3.05, 3.63) is 71.8 Å². The number of hydrogen-bond donors (Lipinski definition) is 1. The molecule has 0 aliphatic rings. The van der Waals surface area contributed by atoms with Crippen molar-refractivity contribution in [2.45, 2.75) is 25.9 Å². The smallest absolute Gasteiger partial charge is 0.0618 e. The maximum Gasteiger partial charge on any atom is 0.0618 e. The molecule has 1 N–H and O–H groups in total. The van der Waals surface area contributed by atoms with Gasteiger partial charge in [0.05, 0.1) is 12.6 Å². The zero-order valence-electron chi connectivity index (χ0n) is 13.1. The summed E-state index contributed by atoms with van der Waals surface area (Å²) in [7, 11) is 1.76. The number of nitrogens with one attached hydrogen (secondary N) is 1. The van der Waals surface area contributed by atoms with Crippen molar-refractivity contribution in [1.82, 2.24) is 5.32 Å². The van der Waals surface area contributed by atoms with Gasteiger partial charge in [-0.3, -0.25) is 0 Å². The van der Waals surface area contributed by atoms with E-state index in [0.29, 0.717) is 18.6 Å². The first-order valence-electron chi connectivity index (χ1n) is 7.57. The van der Waals surface area contributed by atoms with E-state index >= 15 is 0 Å². The maximum absolute atomic E-state index is 5.38. The zero-order valence-corrected chi connectivity index (χ0v) is 13.1. The lowest BCUT2D eigenvalue weighted by molar-refractivity contribution is 0.143. The predicted octanol–water partition coefficient (Wildman–Crippen LogP) is 4.04. The van der Waals surface area contributed by atoms with E-state index in [1.54, 1.807) is 7.11 Å². The van der Waals surface area contributed by atoms with Crippen LogP contribution < -0.4 is 5.32 Å². The van der Waals surface area contributed by atoms with Gasteiger partial charge in [0.2, 0.25) is 0 Å². The number of hydrogen-bond acceptors (Lipinski definition) is 2. The van der Waals surface area contributed by atoms with Gasteiger partial charge in [0.25, 0.3) is 0 Å². The minimum absolute atomic E-state index is 0.190. The molecule has 1 unspecified atom stereocenters. The molecule has 112 valence electrons. The van der Waals surface area contributed by atoms with Crippen LogP contribution in [0, 0.1) is 5.92 Å². The molecule has 0 saturated heterocycles. The minimum Gasteiger partial charge on any atom is -0.383 e. The van der Waals surface area contributed by atoms with Crippen molar-refractivity contribution < 1.29 is 4.74 Å². The monoisotopic (exact) mass is 283 g/mol. The molecular weight excluding hydrogens is 258 g/mol. The molecular formula is C19H25NO. The van der Waals surface area contributed by atoms with Gasteiger partial charge < -0.3 is 10.1 Å². The molecule has 2 aromatic rings. The van der Waals surface area contributed by atoms with Crippen LogP contribution >= 0.6 is 0 Å². The van der Waals surface area contributed by atoms with Gasteiger partial charge in [-0.25, -0.2) is 0 Å². The van der Waals surface area contributed by atoms with Gasteiger partial charge in [-0.2, -0.15) is 0 Å². The van der Waals surface area contributed by atoms with Crippen LogP contribution in [-0.4, -0.2) is 19.8 Å². The summed E-state index contributed by atoms with van der Waals surface area (Å²) >= 11 is 0. The van der Waals surface area contributed by atoms with Crippen LogP contribution in [0.4, 0.5) is 0 Å². The van der Waals surface area contributed by atoms with Crippen LogP contribution in [0.1, 0.15) is 31.0 Å². The highest BCUT2D eigenvalue weighted by Gasteiger charge is 2.20. The lowest BCUT2D eigenvalue weighted by Gasteiger charge is -2.28. The molecule has 0 fully saturated rings. The second-order valence-electron chi connectivity index (χ2n) is 5.73. The van der Waals surface area contributed by atoms with Crippen LogP contribution in [0.3, 0.4) is 0 Å². The summed E-state index contributed by atoms with van der Waals surface area (Å²) in [5.74, 6) is 0.514. The Balaban J connectivity index is 2.28. The highest BCUT2D eigenvalue weighted by molar-refractivity contribution is 5.31. The standard InChI is InChI=1S/C19H25NO/c1-15(2)18(14-21-3)20-19(16-10-6-4-7-11-16)17-12-8-5-9-13-17/h4-13,15,18-20H,14H2,1-3H3. The van der Waals surface area contributed by atoms with Crippen LogP contribution in [0.25, 0.3) is 0 Å². The second-order valence-corrected chi connectivity index (χ2v) is 5.73. The van der Waals surface area contributed by atoms with E-state index < -0.39 is 0 Å². The fourth-order valence-corrected chi connectivity index (χ4v) is 2.50. The van der Waals surface area contributed by atoms with Gasteiger partial charge in [0.15, 0.2) is 0 Å². The summed E-state index contributed by atoms with van der Waals surface area (Å²) in [4.78, 5) is 0. The Bertz CT molecular complexity index is 470. The normalized spacial score (nSPS) is 12.8. The van der Waals surface area contributed by atoms with Crippen LogP contribution in [0.2, 0.25) is 0 Å². The Morgan fingerprint density at radius 1 is 0.857 bits per heavy atom. The van der Waals surface area contributed by atoms with Crippen molar-refractivity contribution >= 4 is 0 Å². The van der Waals surface area contributed by atoms with Crippen molar-refractivity contribution in [3.63, 3.8) is 0 Å². The Kier molecular flexibility index (Phi) is 5.97. The SMILES string of the molecule is COCC(NC(c1ccccc1)c1ccccc1)C(C)C. The molecule has 0 spiro atoms. The lowest BCUT2D eigenvalue weighted by Crippen LogP contribution is -2.40. The van der Waals surface area contributed by atoms with Crippen molar-refractivity contribution in [2.24, 2.45) is 5.92 Å². The van der Waals surface area contributed by atoms with Gasteiger partial charge in [0.1, 0.15) is 0 Å². The molecule has 2 nitrogen and oxygen atoms in total. The van der Waals surface area contributed by atoms with Gasteiger partial charge in [-0.05, 0) is 17.0 Å². The second kappa shape index (κ2) is 7.96. The third kappa shape index (κ3) is 4.42. The summed E-state index contributed by atoms with van der Waals surface area (Å²) in [6.07, 6.45) is 0. The van der Waals surface area contributed by atoms with Crippen LogP contribution in [0.15, 0.2) is 60.7 Å². The maximum atomic E-state index is 5.38. The third-order valence-corrected chi connectivity index (χ3v) is 3.80. The Morgan fingerprint density at radius 3 is 1.71 bits per heavy atom. The molecule has 0 aliphatic carbocycles. The van der Waals surface area contributed by atoms with Crippen LogP contribution in [0.5, 0.6) is 0 Å². The van der Waals surface area contributed by atoms with E-state index in [1.807, 2.05) is 0 Å². The topological polar surface area (TPSA) is 21.3 Å². The Hall–Kier alpha value is -1.64. The number of rotatable bonds is 7. The molecule has 2 heteroatoms. The highest BCUT2D eigenvalue weighted by atomic mass is 16.5. The van der Waals surface area contributed by atoms with Gasteiger partial charge >= 0.3 is 0 Å². The zero-order chi connectivity index (χ0) is 15.1. The average molecular weight is 283 g/mol.